The first-order valence-electron chi connectivity index (χ1n) is 14.3. The van der Waals surface area contributed by atoms with Crippen LogP contribution in [-0.4, -0.2) is 11.6 Å². The third kappa shape index (κ3) is 6.67. The van der Waals surface area contributed by atoms with Crippen molar-refractivity contribution in [3.63, 3.8) is 0 Å². The molecule has 3 aromatic rings. The van der Waals surface area contributed by atoms with Crippen molar-refractivity contribution in [2.75, 3.05) is 0 Å². The van der Waals surface area contributed by atoms with E-state index in [-0.39, 0.29) is 17.0 Å². The molecule has 0 spiro atoms. The highest BCUT2D eigenvalue weighted by atomic mass is 16.1. The fourth-order valence-corrected chi connectivity index (χ4v) is 5.87. The summed E-state index contributed by atoms with van der Waals surface area (Å²) in [6.07, 6.45) is 14.0. The van der Waals surface area contributed by atoms with Gasteiger partial charge in [0.15, 0.2) is 11.6 Å². The molecule has 2 nitrogen and oxygen atoms in total. The van der Waals surface area contributed by atoms with E-state index in [4.69, 9.17) is 0 Å². The molecule has 0 atom stereocenters. The van der Waals surface area contributed by atoms with Gasteiger partial charge in [0.2, 0.25) is 0 Å². The molecule has 1 aliphatic carbocycles. The summed E-state index contributed by atoms with van der Waals surface area (Å²) in [5.41, 5.74) is 5.28. The number of carbonyl (C=O) groups is 2. The molecule has 0 aliphatic heterocycles. The molecule has 0 aromatic heterocycles. The van der Waals surface area contributed by atoms with Crippen molar-refractivity contribution in [2.45, 2.75) is 76.5 Å². The Morgan fingerprint density at radius 3 is 1.37 bits per heavy atom. The first-order valence-corrected chi connectivity index (χ1v) is 14.3. The topological polar surface area (TPSA) is 34.1 Å². The monoisotopic (exact) mass is 504 g/mol. The minimum atomic E-state index is -0.149. The van der Waals surface area contributed by atoms with Crippen molar-refractivity contribution >= 4 is 11.6 Å². The summed E-state index contributed by atoms with van der Waals surface area (Å²) in [5, 5.41) is 0. The van der Waals surface area contributed by atoms with Crippen molar-refractivity contribution in [1.29, 1.82) is 0 Å². The Hall–Kier alpha value is -3.52. The number of carbonyl (C=O) groups excluding carboxylic acids is 2. The zero-order chi connectivity index (χ0) is 26.6. The Kier molecular flexibility index (Phi) is 10.0. The molecule has 1 aliphatic rings. The van der Waals surface area contributed by atoms with E-state index in [9.17, 15) is 9.59 Å². The van der Waals surface area contributed by atoms with Crippen LogP contribution in [-0.2, 0) is 15.0 Å². The molecule has 0 radical (unpaired) electrons. The highest BCUT2D eigenvalue weighted by Gasteiger charge is 2.35. The van der Waals surface area contributed by atoms with Crippen molar-refractivity contribution in [3.05, 3.63) is 131 Å². The van der Waals surface area contributed by atoms with Gasteiger partial charge in [0.25, 0.3) is 0 Å². The minimum absolute atomic E-state index is 0.0136. The summed E-state index contributed by atoms with van der Waals surface area (Å²) in [4.78, 5) is 23.9. The molecule has 0 unspecified atom stereocenters. The van der Waals surface area contributed by atoms with E-state index in [1.807, 2.05) is 0 Å². The molecule has 0 bridgehead atoms. The number of unbranched alkanes of at least 4 members (excludes halogenated alkanes) is 7. The Labute approximate surface area is 228 Å². The minimum Gasteiger partial charge on any atom is -0.290 e. The first-order chi connectivity index (χ1) is 18.6. The van der Waals surface area contributed by atoms with Gasteiger partial charge in [0.05, 0.1) is 0 Å². The van der Waals surface area contributed by atoms with Gasteiger partial charge in [-0.1, -0.05) is 136 Å². The number of hydrogen-bond acceptors (Lipinski definition) is 2. The van der Waals surface area contributed by atoms with Crippen molar-refractivity contribution in [1.82, 2.24) is 0 Å². The third-order valence-corrected chi connectivity index (χ3v) is 8.03. The molecule has 38 heavy (non-hydrogen) atoms. The van der Waals surface area contributed by atoms with E-state index in [2.05, 4.69) is 91.0 Å². The summed E-state index contributed by atoms with van der Waals surface area (Å²) in [6.45, 7) is 1.78. The van der Waals surface area contributed by atoms with E-state index in [1.54, 1.807) is 6.92 Å². The Balaban J connectivity index is 1.28. The molecule has 0 fully saturated rings. The van der Waals surface area contributed by atoms with Crippen LogP contribution >= 0.6 is 0 Å². The summed E-state index contributed by atoms with van der Waals surface area (Å²) in [7, 11) is 0. The second-order valence-corrected chi connectivity index (χ2v) is 10.5. The Morgan fingerprint density at radius 1 is 0.500 bits per heavy atom. The Morgan fingerprint density at radius 2 is 0.895 bits per heavy atom. The fraction of sp³-hybridized carbons (Fsp3) is 0.333. The van der Waals surface area contributed by atoms with E-state index >= 15 is 0 Å². The zero-order valence-corrected chi connectivity index (χ0v) is 22.7. The second kappa shape index (κ2) is 13.9. The summed E-state index contributed by atoms with van der Waals surface area (Å²) < 4.78 is 0. The normalized spacial score (nSPS) is 13.8. The van der Waals surface area contributed by atoms with Crippen molar-refractivity contribution in [2.24, 2.45) is 0 Å². The molecule has 0 amide bonds. The number of rotatable bonds is 14. The lowest BCUT2D eigenvalue weighted by Gasteiger charge is -2.36. The van der Waals surface area contributed by atoms with Gasteiger partial charge in [-0.3, -0.25) is 9.59 Å². The quantitative estimate of drug-likeness (QED) is 0.125. The van der Waals surface area contributed by atoms with Crippen LogP contribution in [0.4, 0.5) is 0 Å². The number of ketones is 2. The van der Waals surface area contributed by atoms with Crippen LogP contribution in [0.1, 0.15) is 87.8 Å². The molecule has 0 saturated carbocycles. The van der Waals surface area contributed by atoms with Gasteiger partial charge in [0, 0.05) is 16.6 Å². The maximum atomic E-state index is 12.1. The van der Waals surface area contributed by atoms with Crippen molar-refractivity contribution in [3.8, 4) is 0 Å². The number of allylic oxidation sites excluding steroid dienone is 4. The van der Waals surface area contributed by atoms with Crippen LogP contribution in [0.5, 0.6) is 0 Å². The van der Waals surface area contributed by atoms with E-state index in [0.717, 1.165) is 31.3 Å². The van der Waals surface area contributed by atoms with Crippen LogP contribution in [0.2, 0.25) is 0 Å². The van der Waals surface area contributed by atoms with E-state index in [1.165, 1.54) is 67.4 Å². The maximum absolute atomic E-state index is 12.1. The van der Waals surface area contributed by atoms with Gasteiger partial charge in [-0.15, -0.1) is 0 Å². The van der Waals surface area contributed by atoms with Crippen LogP contribution in [0.25, 0.3) is 0 Å². The van der Waals surface area contributed by atoms with Crippen LogP contribution < -0.4 is 0 Å². The summed E-state index contributed by atoms with van der Waals surface area (Å²) in [5.74, 6) is -0.00454. The van der Waals surface area contributed by atoms with E-state index in [0.29, 0.717) is 5.57 Å². The summed E-state index contributed by atoms with van der Waals surface area (Å²) in [6, 6.07) is 33.0. The molecular weight excluding hydrogens is 464 g/mol. The van der Waals surface area contributed by atoms with Crippen LogP contribution in [0, 0.1) is 0 Å². The molecule has 3 aromatic carbocycles. The molecule has 2 heteroatoms. The smallest absolute Gasteiger partial charge is 0.182 e. The van der Waals surface area contributed by atoms with Gasteiger partial charge in [-0.05, 0) is 55.0 Å². The van der Waals surface area contributed by atoms with Crippen molar-refractivity contribution < 1.29 is 9.59 Å². The maximum Gasteiger partial charge on any atom is 0.182 e. The average molecular weight is 505 g/mol. The molecule has 0 N–H and O–H groups in total. The van der Waals surface area contributed by atoms with Crippen LogP contribution in [0.15, 0.2) is 114 Å². The second-order valence-electron chi connectivity index (χ2n) is 10.5. The lowest BCUT2D eigenvalue weighted by Crippen LogP contribution is -2.29. The zero-order valence-electron chi connectivity index (χ0n) is 22.7. The average Bonchev–Trinajstić information content (AvgIpc) is 2.97. The molecule has 0 saturated heterocycles. The number of hydrogen-bond donors (Lipinski definition) is 0. The molecule has 4 rings (SSSR count). The standard InChI is InChI=1S/C36H40O2/c1-29-33(35(38)27-26-34(29)37)25-17-6-4-2-3-5-7-18-28-36(30-19-11-8-12-20-30,31-21-13-9-14-22-31)32-23-15-10-16-24-32/h8-16,19-24,26-27H,2-7,17-18,25,28H2,1H3. The van der Waals surface area contributed by atoms with Gasteiger partial charge in [-0.25, -0.2) is 0 Å². The summed E-state index contributed by atoms with van der Waals surface area (Å²) >= 11 is 0. The first kappa shape index (κ1) is 27.5. The predicted molar refractivity (Wildman–Crippen MR) is 157 cm³/mol. The highest BCUT2D eigenvalue weighted by Crippen LogP contribution is 2.43. The predicted octanol–water partition coefficient (Wildman–Crippen LogP) is 8.95. The molecule has 196 valence electrons. The lowest BCUT2D eigenvalue weighted by atomic mass is 9.66. The largest absolute Gasteiger partial charge is 0.290 e. The number of benzene rings is 3. The highest BCUT2D eigenvalue weighted by molar-refractivity contribution is 6.19. The molecular formula is C36H40O2. The Bertz CT molecular complexity index is 1140. The lowest BCUT2D eigenvalue weighted by molar-refractivity contribution is -0.115. The SMILES string of the molecule is CC1=C(CCCCCCCCCCC(c2ccccc2)(c2ccccc2)c2ccccc2)C(=O)C=CC1=O. The van der Waals surface area contributed by atoms with Gasteiger partial charge >= 0.3 is 0 Å². The van der Waals surface area contributed by atoms with Gasteiger partial charge in [-0.2, -0.15) is 0 Å². The van der Waals surface area contributed by atoms with Gasteiger partial charge < -0.3 is 0 Å². The van der Waals surface area contributed by atoms with Crippen LogP contribution in [0.3, 0.4) is 0 Å². The van der Waals surface area contributed by atoms with Gasteiger partial charge in [0.1, 0.15) is 0 Å². The third-order valence-electron chi connectivity index (χ3n) is 8.03. The molecule has 0 heterocycles. The fourth-order valence-electron chi connectivity index (χ4n) is 5.87. The van der Waals surface area contributed by atoms with E-state index < -0.39 is 0 Å².